The first-order valence-corrected chi connectivity index (χ1v) is 8.67. The molecule has 2 aromatic carbocycles. The Bertz CT molecular complexity index is 916. The molecular formula is C15H14N4O3S. The maximum Gasteiger partial charge on any atom is 0.187 e. The van der Waals surface area contributed by atoms with Gasteiger partial charge in [-0.15, -0.1) is 5.10 Å². The van der Waals surface area contributed by atoms with E-state index in [0.29, 0.717) is 11.4 Å². The second-order valence-electron chi connectivity index (χ2n) is 5.04. The highest BCUT2D eigenvalue weighted by molar-refractivity contribution is 7.90. The summed E-state index contributed by atoms with van der Waals surface area (Å²) in [7, 11) is -3.24. The first kappa shape index (κ1) is 15.3. The average molecular weight is 330 g/mol. The van der Waals surface area contributed by atoms with Crippen molar-refractivity contribution in [2.75, 3.05) is 6.26 Å². The molecule has 0 atom stereocenters. The van der Waals surface area contributed by atoms with E-state index < -0.39 is 9.84 Å². The number of aliphatic hydroxyl groups is 1. The molecule has 3 rings (SSSR count). The van der Waals surface area contributed by atoms with Gasteiger partial charge in [-0.25, -0.2) is 8.42 Å². The smallest absolute Gasteiger partial charge is 0.187 e. The van der Waals surface area contributed by atoms with Crippen LogP contribution < -0.4 is 0 Å². The van der Waals surface area contributed by atoms with Crippen molar-refractivity contribution in [1.29, 1.82) is 0 Å². The fourth-order valence-corrected chi connectivity index (χ4v) is 2.77. The molecule has 7 nitrogen and oxygen atoms in total. The van der Waals surface area contributed by atoms with Crippen molar-refractivity contribution in [3.63, 3.8) is 0 Å². The molecule has 0 aliphatic rings. The second kappa shape index (κ2) is 5.90. The van der Waals surface area contributed by atoms with Gasteiger partial charge in [-0.3, -0.25) is 0 Å². The predicted molar refractivity (Wildman–Crippen MR) is 83.6 cm³/mol. The van der Waals surface area contributed by atoms with Gasteiger partial charge in [0.2, 0.25) is 0 Å². The minimum atomic E-state index is -3.24. The third-order valence-corrected chi connectivity index (χ3v) is 4.50. The van der Waals surface area contributed by atoms with Crippen LogP contribution in [0, 0.1) is 0 Å². The number of sulfone groups is 1. The van der Waals surface area contributed by atoms with Crippen molar-refractivity contribution in [3.8, 4) is 17.1 Å². The van der Waals surface area contributed by atoms with Gasteiger partial charge in [0.25, 0.3) is 0 Å². The predicted octanol–water partition coefficient (Wildman–Crippen LogP) is 1.23. The second-order valence-corrected chi connectivity index (χ2v) is 7.05. The Morgan fingerprint density at radius 2 is 1.70 bits per heavy atom. The van der Waals surface area contributed by atoms with Crippen LogP contribution in [-0.2, 0) is 16.4 Å². The summed E-state index contributed by atoms with van der Waals surface area (Å²) in [6.07, 6.45) is 1.16. The zero-order valence-electron chi connectivity index (χ0n) is 12.3. The maximum atomic E-state index is 11.5. The summed E-state index contributed by atoms with van der Waals surface area (Å²) in [5.74, 6) is 0.502. The van der Waals surface area contributed by atoms with E-state index in [0.717, 1.165) is 17.5 Å². The molecule has 0 aliphatic heterocycles. The Hall–Kier alpha value is -2.58. The molecule has 3 aromatic rings. The molecule has 0 bridgehead atoms. The minimum absolute atomic E-state index is 0.0320. The average Bonchev–Trinajstić information content (AvgIpc) is 3.04. The monoisotopic (exact) mass is 330 g/mol. The summed E-state index contributed by atoms with van der Waals surface area (Å²) in [5.41, 5.74) is 2.24. The number of benzene rings is 2. The molecule has 0 unspecified atom stereocenters. The van der Waals surface area contributed by atoms with Crippen molar-refractivity contribution in [2.45, 2.75) is 11.5 Å². The quantitative estimate of drug-likeness (QED) is 0.772. The highest BCUT2D eigenvalue weighted by Crippen LogP contribution is 2.21. The summed E-state index contributed by atoms with van der Waals surface area (Å²) in [6.45, 7) is -0.0320. The van der Waals surface area contributed by atoms with Gasteiger partial charge in [0.15, 0.2) is 15.7 Å². The summed E-state index contributed by atoms with van der Waals surface area (Å²) in [6, 6.07) is 13.6. The van der Waals surface area contributed by atoms with E-state index >= 15 is 0 Å². The van der Waals surface area contributed by atoms with Crippen LogP contribution in [0.3, 0.4) is 0 Å². The van der Waals surface area contributed by atoms with E-state index in [9.17, 15) is 8.42 Å². The lowest BCUT2D eigenvalue weighted by atomic mass is 10.2. The van der Waals surface area contributed by atoms with Crippen molar-refractivity contribution in [2.24, 2.45) is 0 Å². The SMILES string of the molecule is CS(=O)(=O)c1ccc(-c2nnnn2-c2ccc(CO)cc2)cc1. The molecule has 1 heterocycles. The number of tetrazole rings is 1. The first-order valence-electron chi connectivity index (χ1n) is 6.78. The largest absolute Gasteiger partial charge is 0.392 e. The molecule has 23 heavy (non-hydrogen) atoms. The Morgan fingerprint density at radius 1 is 1.04 bits per heavy atom. The molecule has 0 amide bonds. The summed E-state index contributed by atoms with van der Waals surface area (Å²) < 4.78 is 24.6. The lowest BCUT2D eigenvalue weighted by Gasteiger charge is -2.06. The van der Waals surface area contributed by atoms with Gasteiger partial charge in [0.1, 0.15) is 0 Å². The number of nitrogens with zero attached hydrogens (tertiary/aromatic N) is 4. The lowest BCUT2D eigenvalue weighted by Crippen LogP contribution is -2.01. The van der Waals surface area contributed by atoms with Crippen LogP contribution in [0.2, 0.25) is 0 Å². The van der Waals surface area contributed by atoms with Crippen LogP contribution in [-0.4, -0.2) is 40.0 Å². The van der Waals surface area contributed by atoms with E-state index in [2.05, 4.69) is 15.5 Å². The number of aliphatic hydroxyl groups excluding tert-OH is 1. The van der Waals surface area contributed by atoms with Crippen LogP contribution >= 0.6 is 0 Å². The van der Waals surface area contributed by atoms with Crippen LogP contribution in [0.1, 0.15) is 5.56 Å². The van der Waals surface area contributed by atoms with Gasteiger partial charge in [-0.1, -0.05) is 12.1 Å². The maximum absolute atomic E-state index is 11.5. The summed E-state index contributed by atoms with van der Waals surface area (Å²) in [4.78, 5) is 0.243. The van der Waals surface area contributed by atoms with E-state index in [-0.39, 0.29) is 11.5 Å². The molecule has 0 saturated carbocycles. The van der Waals surface area contributed by atoms with Crippen molar-refractivity contribution >= 4 is 9.84 Å². The van der Waals surface area contributed by atoms with Crippen LogP contribution in [0.4, 0.5) is 0 Å². The normalized spacial score (nSPS) is 11.6. The van der Waals surface area contributed by atoms with Gasteiger partial charge in [-0.05, 0) is 52.4 Å². The van der Waals surface area contributed by atoms with Crippen molar-refractivity contribution < 1.29 is 13.5 Å². The fraction of sp³-hybridized carbons (Fsp3) is 0.133. The van der Waals surface area contributed by atoms with E-state index in [4.69, 9.17) is 5.11 Å². The molecule has 0 aliphatic carbocycles. The van der Waals surface area contributed by atoms with Gasteiger partial charge < -0.3 is 5.11 Å². The van der Waals surface area contributed by atoms with Crippen molar-refractivity contribution in [3.05, 3.63) is 54.1 Å². The van der Waals surface area contributed by atoms with Gasteiger partial charge in [0, 0.05) is 11.8 Å². The van der Waals surface area contributed by atoms with Crippen LogP contribution in [0.5, 0.6) is 0 Å². The van der Waals surface area contributed by atoms with Gasteiger partial charge in [0.05, 0.1) is 17.2 Å². The highest BCUT2D eigenvalue weighted by Gasteiger charge is 2.12. The standard InChI is InChI=1S/C15H14N4O3S/c1-23(21,22)14-8-4-12(5-9-14)15-16-17-18-19(15)13-6-2-11(10-20)3-7-13/h2-9,20H,10H2,1H3. The van der Waals surface area contributed by atoms with Gasteiger partial charge in [-0.2, -0.15) is 4.68 Å². The zero-order valence-corrected chi connectivity index (χ0v) is 13.1. The molecular weight excluding hydrogens is 316 g/mol. The molecule has 8 heteroatoms. The van der Waals surface area contributed by atoms with E-state index in [1.807, 2.05) is 0 Å². The summed E-state index contributed by atoms with van der Waals surface area (Å²) >= 11 is 0. The fourth-order valence-electron chi connectivity index (χ4n) is 2.13. The number of rotatable bonds is 4. The van der Waals surface area contributed by atoms with Crippen LogP contribution in [0.15, 0.2) is 53.4 Å². The zero-order chi connectivity index (χ0) is 16.4. The Morgan fingerprint density at radius 3 is 2.26 bits per heavy atom. The minimum Gasteiger partial charge on any atom is -0.392 e. The van der Waals surface area contributed by atoms with E-state index in [1.165, 1.54) is 12.1 Å². The number of hydrogen-bond acceptors (Lipinski definition) is 6. The highest BCUT2D eigenvalue weighted by atomic mass is 32.2. The van der Waals surface area contributed by atoms with Gasteiger partial charge >= 0.3 is 0 Å². The van der Waals surface area contributed by atoms with E-state index in [1.54, 1.807) is 41.1 Å². The molecule has 1 aromatic heterocycles. The third kappa shape index (κ3) is 3.13. The Balaban J connectivity index is 2.00. The first-order chi connectivity index (χ1) is 11.0. The van der Waals surface area contributed by atoms with Crippen LogP contribution in [0.25, 0.3) is 17.1 Å². The number of aromatic nitrogens is 4. The Labute approximate surface area is 133 Å². The van der Waals surface area contributed by atoms with Crippen molar-refractivity contribution in [1.82, 2.24) is 20.2 Å². The molecule has 118 valence electrons. The molecule has 0 saturated heterocycles. The Kier molecular flexibility index (Phi) is 3.93. The summed E-state index contributed by atoms with van der Waals surface area (Å²) in [5, 5.41) is 20.7. The molecule has 0 radical (unpaired) electrons. The molecule has 0 spiro atoms. The molecule has 1 N–H and O–H groups in total. The lowest BCUT2D eigenvalue weighted by molar-refractivity contribution is 0.282. The molecule has 0 fully saturated rings. The number of hydrogen-bond donors (Lipinski definition) is 1. The third-order valence-electron chi connectivity index (χ3n) is 3.37. The topological polar surface area (TPSA) is 98.0 Å².